The molecule has 3 saturated carbocycles. The van der Waals surface area contributed by atoms with Gasteiger partial charge in [0.2, 0.25) is 0 Å². The minimum absolute atomic E-state index is 0.117. The van der Waals surface area contributed by atoms with Gasteiger partial charge in [-0.05, 0) is 92.8 Å². The van der Waals surface area contributed by atoms with Gasteiger partial charge in [0.05, 0.1) is 6.61 Å². The van der Waals surface area contributed by atoms with Gasteiger partial charge in [-0.2, -0.15) is 0 Å². The lowest BCUT2D eigenvalue weighted by atomic mass is 9.45. The molecule has 0 aromatic carbocycles. The molecule has 0 heterocycles. The van der Waals surface area contributed by atoms with E-state index < -0.39 is 5.60 Å². The topological polar surface area (TPSA) is 57.5 Å². The van der Waals surface area contributed by atoms with Crippen molar-refractivity contribution in [3.05, 3.63) is 11.6 Å². The fourth-order valence-corrected chi connectivity index (χ4v) is 9.07. The van der Waals surface area contributed by atoms with E-state index in [1.165, 1.54) is 57.4 Å². The average molecular weight is 445 g/mol. The standard InChI is InChI=1S/C29H48O3/c1-19(2)7-6-8-20(3)24-11-12-25-23-10-9-22-17-29(32,21(4)31)16-15-28(22,18-30)26(23)13-14-27(24,25)5/h9,19-20,23-26,30,32H,6-8,10-18H2,1-5H3/t20-,23+,24-,25+,26+,27-,28-,29+/m1/s1. The van der Waals surface area contributed by atoms with Gasteiger partial charge >= 0.3 is 0 Å². The van der Waals surface area contributed by atoms with Crippen LogP contribution >= 0.6 is 0 Å². The van der Waals surface area contributed by atoms with Crippen LogP contribution in [0.4, 0.5) is 0 Å². The zero-order valence-electron chi connectivity index (χ0n) is 21.3. The molecule has 0 aliphatic heterocycles. The van der Waals surface area contributed by atoms with E-state index in [1.807, 2.05) is 0 Å². The summed E-state index contributed by atoms with van der Waals surface area (Å²) >= 11 is 0. The van der Waals surface area contributed by atoms with Gasteiger partial charge in [0, 0.05) is 11.8 Å². The molecule has 3 heteroatoms. The SMILES string of the molecule is CC(=O)[C@]1(O)CC[C@@]2(CO)C(=CC[C@@H]3[C@@H]2CC[C@]2(C)[C@@H]([C@H](C)CCCC(C)C)CC[C@@H]32)C1. The first-order valence-electron chi connectivity index (χ1n) is 13.6. The maximum atomic E-state index is 12.1. The van der Waals surface area contributed by atoms with Crippen molar-refractivity contribution in [2.24, 2.45) is 46.3 Å². The van der Waals surface area contributed by atoms with Gasteiger partial charge in [-0.25, -0.2) is 0 Å². The predicted molar refractivity (Wildman–Crippen MR) is 130 cm³/mol. The largest absolute Gasteiger partial charge is 0.395 e. The van der Waals surface area contributed by atoms with E-state index >= 15 is 0 Å². The molecule has 0 amide bonds. The normalized spacial score (nSPS) is 44.4. The van der Waals surface area contributed by atoms with Crippen molar-refractivity contribution >= 4 is 5.78 Å². The summed E-state index contributed by atoms with van der Waals surface area (Å²) in [6.07, 6.45) is 14.4. The Morgan fingerprint density at radius 2 is 1.84 bits per heavy atom. The van der Waals surface area contributed by atoms with Crippen molar-refractivity contribution in [1.29, 1.82) is 0 Å². The number of carbonyl (C=O) groups excluding carboxylic acids is 1. The molecule has 0 radical (unpaired) electrons. The molecule has 2 N–H and O–H groups in total. The van der Waals surface area contributed by atoms with Crippen LogP contribution in [0.2, 0.25) is 0 Å². The summed E-state index contributed by atoms with van der Waals surface area (Å²) in [7, 11) is 0. The molecule has 0 bridgehead atoms. The summed E-state index contributed by atoms with van der Waals surface area (Å²) in [5.41, 5.74) is 0.206. The highest BCUT2D eigenvalue weighted by Gasteiger charge is 2.61. The number of allylic oxidation sites excluding steroid dienone is 1. The minimum Gasteiger partial charge on any atom is -0.395 e. The first-order chi connectivity index (χ1) is 15.1. The van der Waals surface area contributed by atoms with E-state index in [0.717, 1.165) is 36.5 Å². The van der Waals surface area contributed by atoms with Gasteiger partial charge in [0.15, 0.2) is 5.78 Å². The molecule has 0 aromatic heterocycles. The van der Waals surface area contributed by atoms with E-state index in [2.05, 4.69) is 33.8 Å². The Balaban J connectivity index is 1.54. The zero-order valence-corrected chi connectivity index (χ0v) is 21.3. The Bertz CT molecular complexity index is 741. The smallest absolute Gasteiger partial charge is 0.161 e. The van der Waals surface area contributed by atoms with E-state index in [1.54, 1.807) is 0 Å². The molecule has 3 fully saturated rings. The third kappa shape index (κ3) is 3.84. The zero-order chi connectivity index (χ0) is 23.3. The van der Waals surface area contributed by atoms with E-state index in [9.17, 15) is 15.0 Å². The van der Waals surface area contributed by atoms with Crippen LogP contribution in [0.1, 0.15) is 105 Å². The number of hydrogen-bond acceptors (Lipinski definition) is 3. The molecule has 4 aliphatic carbocycles. The van der Waals surface area contributed by atoms with Gasteiger partial charge in [-0.3, -0.25) is 4.79 Å². The molecule has 0 unspecified atom stereocenters. The minimum atomic E-state index is -1.22. The highest BCUT2D eigenvalue weighted by atomic mass is 16.3. The molecule has 8 atom stereocenters. The lowest BCUT2D eigenvalue weighted by molar-refractivity contribution is -0.143. The second kappa shape index (κ2) is 8.84. The van der Waals surface area contributed by atoms with Crippen LogP contribution in [0.5, 0.6) is 0 Å². The lowest BCUT2D eigenvalue weighted by Gasteiger charge is -2.59. The van der Waals surface area contributed by atoms with Gasteiger partial charge in [0.25, 0.3) is 0 Å². The van der Waals surface area contributed by atoms with E-state index in [4.69, 9.17) is 0 Å². The fourth-order valence-electron chi connectivity index (χ4n) is 9.07. The second-order valence-corrected chi connectivity index (χ2v) is 13.0. The van der Waals surface area contributed by atoms with Gasteiger partial charge in [-0.15, -0.1) is 0 Å². The Kier molecular flexibility index (Phi) is 6.75. The van der Waals surface area contributed by atoms with E-state index in [0.29, 0.717) is 30.1 Å². The number of rotatable bonds is 7. The van der Waals surface area contributed by atoms with Crippen molar-refractivity contribution < 1.29 is 15.0 Å². The Morgan fingerprint density at radius 1 is 1.09 bits per heavy atom. The molecule has 32 heavy (non-hydrogen) atoms. The van der Waals surface area contributed by atoms with Crippen molar-refractivity contribution in [3.63, 3.8) is 0 Å². The summed E-state index contributed by atoms with van der Waals surface area (Å²) in [6, 6.07) is 0. The molecular weight excluding hydrogens is 396 g/mol. The third-order valence-corrected chi connectivity index (χ3v) is 11.0. The fraction of sp³-hybridized carbons (Fsp3) is 0.897. The van der Waals surface area contributed by atoms with Crippen LogP contribution in [0.15, 0.2) is 11.6 Å². The van der Waals surface area contributed by atoms with Crippen LogP contribution in [0.25, 0.3) is 0 Å². The molecule has 0 aromatic rings. The summed E-state index contributed by atoms with van der Waals surface area (Å²) in [5, 5.41) is 21.6. The van der Waals surface area contributed by atoms with Crippen molar-refractivity contribution in [2.45, 2.75) is 111 Å². The summed E-state index contributed by atoms with van der Waals surface area (Å²) in [6.45, 7) is 11.5. The quantitative estimate of drug-likeness (QED) is 0.452. The van der Waals surface area contributed by atoms with Crippen LogP contribution in [-0.2, 0) is 4.79 Å². The highest BCUT2D eigenvalue weighted by molar-refractivity contribution is 5.85. The molecule has 4 rings (SSSR count). The number of ketones is 1. The molecule has 3 nitrogen and oxygen atoms in total. The lowest BCUT2D eigenvalue weighted by Crippen LogP contribution is -2.56. The van der Waals surface area contributed by atoms with Crippen LogP contribution in [0, 0.1) is 46.3 Å². The number of Topliss-reactive ketones (excluding diaryl/α,β-unsaturated/α-hetero) is 1. The molecule has 0 spiro atoms. The first kappa shape index (κ1) is 24.5. The summed E-state index contributed by atoms with van der Waals surface area (Å²) in [4.78, 5) is 12.1. The maximum absolute atomic E-state index is 12.1. The summed E-state index contributed by atoms with van der Waals surface area (Å²) in [5.74, 6) is 4.26. The van der Waals surface area contributed by atoms with Gasteiger partial charge < -0.3 is 10.2 Å². The number of aliphatic hydroxyl groups excluding tert-OH is 1. The van der Waals surface area contributed by atoms with Crippen molar-refractivity contribution in [3.8, 4) is 0 Å². The number of carbonyl (C=O) groups is 1. The predicted octanol–water partition coefficient (Wildman–Crippen LogP) is 6.32. The maximum Gasteiger partial charge on any atom is 0.161 e. The Labute approximate surface area is 196 Å². The molecule has 0 saturated heterocycles. The van der Waals surface area contributed by atoms with Crippen LogP contribution in [0.3, 0.4) is 0 Å². The number of hydrogen-bond donors (Lipinski definition) is 2. The van der Waals surface area contributed by atoms with Gasteiger partial charge in [-0.1, -0.05) is 58.6 Å². The average Bonchev–Trinajstić information content (AvgIpc) is 3.10. The Morgan fingerprint density at radius 3 is 2.50 bits per heavy atom. The monoisotopic (exact) mass is 444 g/mol. The second-order valence-electron chi connectivity index (χ2n) is 13.0. The van der Waals surface area contributed by atoms with Crippen LogP contribution < -0.4 is 0 Å². The van der Waals surface area contributed by atoms with Crippen molar-refractivity contribution in [1.82, 2.24) is 0 Å². The number of aliphatic hydroxyl groups is 2. The summed E-state index contributed by atoms with van der Waals surface area (Å²) < 4.78 is 0. The Hall–Kier alpha value is -0.670. The highest BCUT2D eigenvalue weighted by Crippen LogP contribution is 2.67. The molecule has 4 aliphatic rings. The molecular formula is C29H48O3. The van der Waals surface area contributed by atoms with Crippen LogP contribution in [-0.4, -0.2) is 28.2 Å². The molecule has 182 valence electrons. The van der Waals surface area contributed by atoms with Gasteiger partial charge in [0.1, 0.15) is 5.60 Å². The van der Waals surface area contributed by atoms with Crippen molar-refractivity contribution in [2.75, 3.05) is 6.61 Å². The number of fused-ring (bicyclic) bond motifs is 5. The first-order valence-corrected chi connectivity index (χ1v) is 13.6. The third-order valence-electron chi connectivity index (χ3n) is 11.0. The van der Waals surface area contributed by atoms with E-state index in [-0.39, 0.29) is 17.8 Å².